The first-order valence-corrected chi connectivity index (χ1v) is 11.5. The van der Waals surface area contributed by atoms with Gasteiger partial charge in [0.1, 0.15) is 5.82 Å². The highest BCUT2D eigenvalue weighted by atomic mass is 35.5. The molecule has 0 unspecified atom stereocenters. The van der Waals surface area contributed by atoms with Crippen LogP contribution >= 0.6 is 11.6 Å². The van der Waals surface area contributed by atoms with Crippen molar-refractivity contribution >= 4 is 28.8 Å². The number of hydrogen-bond donors (Lipinski definition) is 1. The van der Waals surface area contributed by atoms with E-state index in [0.29, 0.717) is 6.42 Å². The normalized spacial score (nSPS) is 12.2. The van der Waals surface area contributed by atoms with Gasteiger partial charge in [-0.1, -0.05) is 38.8 Å². The maximum Gasteiger partial charge on any atom is 0.434 e. The fraction of sp³-hybridized carbons (Fsp3) is 0.280. The van der Waals surface area contributed by atoms with Crippen molar-refractivity contribution in [2.24, 2.45) is 5.41 Å². The van der Waals surface area contributed by atoms with E-state index in [4.69, 9.17) is 11.6 Å². The fourth-order valence-electron chi connectivity index (χ4n) is 3.86. The Hall–Kier alpha value is -3.53. The van der Waals surface area contributed by atoms with Gasteiger partial charge in [0.15, 0.2) is 11.3 Å². The molecule has 3 aromatic heterocycles. The second kappa shape index (κ2) is 9.50. The van der Waals surface area contributed by atoms with Crippen LogP contribution in [0, 0.1) is 11.2 Å². The van der Waals surface area contributed by atoms with Crippen molar-refractivity contribution in [3.8, 4) is 22.5 Å². The summed E-state index contributed by atoms with van der Waals surface area (Å²) in [6.45, 7) is 5.59. The van der Waals surface area contributed by atoms with Gasteiger partial charge in [0.25, 0.3) is 0 Å². The van der Waals surface area contributed by atoms with Crippen molar-refractivity contribution in [1.82, 2.24) is 19.6 Å². The lowest BCUT2D eigenvalue weighted by Crippen LogP contribution is -2.30. The number of alkyl halides is 3. The van der Waals surface area contributed by atoms with Crippen LogP contribution in [-0.4, -0.2) is 25.5 Å². The van der Waals surface area contributed by atoms with Crippen molar-refractivity contribution in [2.75, 3.05) is 5.32 Å². The minimum Gasteiger partial charge on any atom is -0.324 e. The summed E-state index contributed by atoms with van der Waals surface area (Å²) in [4.78, 5) is 20.5. The van der Waals surface area contributed by atoms with Crippen molar-refractivity contribution in [3.05, 3.63) is 65.3 Å². The molecular weight excluding hydrogens is 498 g/mol. The molecule has 0 spiro atoms. The van der Waals surface area contributed by atoms with Crippen molar-refractivity contribution in [3.63, 3.8) is 0 Å². The van der Waals surface area contributed by atoms with Gasteiger partial charge in [0, 0.05) is 22.7 Å². The summed E-state index contributed by atoms with van der Waals surface area (Å²) in [6, 6.07) is 7.98. The third kappa shape index (κ3) is 5.04. The van der Waals surface area contributed by atoms with E-state index in [1.165, 1.54) is 41.0 Å². The van der Waals surface area contributed by atoms with Gasteiger partial charge < -0.3 is 5.32 Å². The second-order valence-electron chi connectivity index (χ2n) is 8.94. The van der Waals surface area contributed by atoms with E-state index in [2.05, 4.69) is 20.4 Å². The van der Waals surface area contributed by atoms with E-state index in [1.54, 1.807) is 0 Å². The third-order valence-corrected chi connectivity index (χ3v) is 6.06. The number of amides is 1. The zero-order valence-electron chi connectivity index (χ0n) is 19.6. The number of imidazole rings is 1. The van der Waals surface area contributed by atoms with Crippen molar-refractivity contribution in [2.45, 2.75) is 39.8 Å². The first-order chi connectivity index (χ1) is 16.9. The smallest absolute Gasteiger partial charge is 0.324 e. The number of carbonyl (C=O) groups is 1. The van der Waals surface area contributed by atoms with Crippen LogP contribution in [0.5, 0.6) is 0 Å². The van der Waals surface area contributed by atoms with Crippen LogP contribution < -0.4 is 5.32 Å². The van der Waals surface area contributed by atoms with Gasteiger partial charge in [-0.25, -0.2) is 13.9 Å². The zero-order chi connectivity index (χ0) is 26.3. The molecule has 0 fully saturated rings. The van der Waals surface area contributed by atoms with Crippen LogP contribution in [0.1, 0.15) is 39.3 Å². The summed E-state index contributed by atoms with van der Waals surface area (Å²) in [6.07, 6.45) is -0.753. The molecule has 4 aromatic rings. The van der Waals surface area contributed by atoms with Crippen LogP contribution in [0.3, 0.4) is 0 Å². The van der Waals surface area contributed by atoms with E-state index >= 15 is 0 Å². The lowest BCUT2D eigenvalue weighted by molar-refractivity contribution is -0.140. The van der Waals surface area contributed by atoms with Gasteiger partial charge >= 0.3 is 6.18 Å². The summed E-state index contributed by atoms with van der Waals surface area (Å²) < 4.78 is 56.3. The highest BCUT2D eigenvalue weighted by molar-refractivity contribution is 6.34. The number of nitrogens with one attached hydrogen (secondary N) is 1. The third-order valence-electron chi connectivity index (χ3n) is 5.74. The first-order valence-electron chi connectivity index (χ1n) is 11.1. The Labute approximate surface area is 209 Å². The summed E-state index contributed by atoms with van der Waals surface area (Å²) in [5.74, 6) is -0.942. The predicted octanol–water partition coefficient (Wildman–Crippen LogP) is 7.03. The molecule has 3 heterocycles. The summed E-state index contributed by atoms with van der Waals surface area (Å²) in [5.41, 5.74) is -1.17. The van der Waals surface area contributed by atoms with Crippen molar-refractivity contribution in [1.29, 1.82) is 0 Å². The van der Waals surface area contributed by atoms with Crippen molar-refractivity contribution < 1.29 is 22.4 Å². The monoisotopic (exact) mass is 519 g/mol. The average molecular weight is 520 g/mol. The quantitative estimate of drug-likeness (QED) is 0.277. The van der Waals surface area contributed by atoms with E-state index < -0.39 is 23.1 Å². The molecule has 6 nitrogen and oxygen atoms in total. The molecule has 0 atom stereocenters. The lowest BCUT2D eigenvalue weighted by atomic mass is 9.87. The number of benzene rings is 1. The minimum absolute atomic E-state index is 0.0227. The number of pyridine rings is 1. The van der Waals surface area contributed by atoms with Gasteiger partial charge in [0.2, 0.25) is 5.91 Å². The highest BCUT2D eigenvalue weighted by Crippen LogP contribution is 2.36. The van der Waals surface area contributed by atoms with Crippen LogP contribution in [0.25, 0.3) is 28.2 Å². The Morgan fingerprint density at radius 3 is 2.56 bits per heavy atom. The Morgan fingerprint density at radius 2 is 1.86 bits per heavy atom. The number of nitrogens with zero attached hydrogens (tertiary/aromatic N) is 4. The molecule has 0 saturated heterocycles. The van der Waals surface area contributed by atoms with Gasteiger partial charge in [-0.05, 0) is 42.8 Å². The molecule has 0 aliphatic carbocycles. The van der Waals surface area contributed by atoms with E-state index in [0.717, 1.165) is 18.7 Å². The Balaban J connectivity index is 1.73. The summed E-state index contributed by atoms with van der Waals surface area (Å²) in [7, 11) is 0. The Bertz CT molecular complexity index is 1450. The predicted molar refractivity (Wildman–Crippen MR) is 129 cm³/mol. The molecule has 36 heavy (non-hydrogen) atoms. The lowest BCUT2D eigenvalue weighted by Gasteiger charge is -2.23. The molecule has 0 bridgehead atoms. The second-order valence-corrected chi connectivity index (χ2v) is 9.35. The maximum atomic E-state index is 14.9. The Morgan fingerprint density at radius 1 is 1.11 bits per heavy atom. The molecule has 0 aliphatic heterocycles. The molecule has 0 aliphatic rings. The zero-order valence-corrected chi connectivity index (χ0v) is 20.4. The molecule has 11 heteroatoms. The van der Waals surface area contributed by atoms with E-state index in [-0.39, 0.29) is 44.8 Å². The number of aromatic nitrogens is 4. The number of rotatable bonds is 6. The van der Waals surface area contributed by atoms with E-state index in [9.17, 15) is 22.4 Å². The van der Waals surface area contributed by atoms with Gasteiger partial charge in [0.05, 0.1) is 28.3 Å². The first kappa shape index (κ1) is 25.6. The van der Waals surface area contributed by atoms with Crippen LogP contribution in [0.15, 0.2) is 48.8 Å². The maximum absolute atomic E-state index is 14.9. The number of halogens is 5. The molecule has 4 rings (SSSR count). The van der Waals surface area contributed by atoms with Gasteiger partial charge in [-0.15, -0.1) is 0 Å². The molecule has 0 radical (unpaired) electrons. The summed E-state index contributed by atoms with van der Waals surface area (Å²) in [5, 5.41) is 7.01. The topological polar surface area (TPSA) is 72.2 Å². The number of fused-ring (bicyclic) bond motifs is 1. The van der Waals surface area contributed by atoms with Crippen LogP contribution in [-0.2, 0) is 11.0 Å². The minimum atomic E-state index is -4.66. The molecule has 0 saturated carbocycles. The van der Waals surface area contributed by atoms with Crippen LogP contribution in [0.2, 0.25) is 5.02 Å². The average Bonchev–Trinajstić information content (AvgIpc) is 3.23. The van der Waals surface area contributed by atoms with E-state index in [1.807, 2.05) is 20.8 Å². The molecule has 1 amide bonds. The molecule has 188 valence electrons. The van der Waals surface area contributed by atoms with Gasteiger partial charge in [-0.2, -0.15) is 18.3 Å². The van der Waals surface area contributed by atoms with Crippen LogP contribution in [0.4, 0.5) is 23.2 Å². The largest absolute Gasteiger partial charge is 0.434 e. The molecular formula is C25H22ClF4N5O. The molecule has 1 aromatic carbocycles. The Kier molecular flexibility index (Phi) is 6.74. The number of carbonyl (C=O) groups excluding carboxylic acids is 1. The molecule has 1 N–H and O–H groups in total. The fourth-order valence-corrected chi connectivity index (χ4v) is 4.06. The number of hydrogen-bond acceptors (Lipinski definition) is 4. The standard InChI is InChI=1S/C25H22ClF4N5O/c1-4-9-24(2,3)23(36)33-19-11-15(17(27)12-16(19)26)20-13-35-21(32-20)8-7-18(34-35)14-6-5-10-31-22(14)25(28,29)30/h5-8,10-13H,4,9H2,1-3H3,(H,33,36). The summed E-state index contributed by atoms with van der Waals surface area (Å²) >= 11 is 6.19. The number of anilines is 1. The SMILES string of the molecule is CCCC(C)(C)C(=O)Nc1cc(-c2cn3nc(-c4cccnc4C(F)(F)F)ccc3n2)c(F)cc1Cl. The van der Waals surface area contributed by atoms with Gasteiger partial charge in [-0.3, -0.25) is 9.78 Å². The highest BCUT2D eigenvalue weighted by Gasteiger charge is 2.36.